The van der Waals surface area contributed by atoms with E-state index in [4.69, 9.17) is 0 Å². The smallest absolute Gasteiger partial charge is 0.352 e. The summed E-state index contributed by atoms with van der Waals surface area (Å²) >= 11 is 0. The average molecular weight is 613 g/mol. The number of aliphatic hydroxyl groups excluding tert-OH is 1. The fourth-order valence-electron chi connectivity index (χ4n) is 7.13. The number of likely N-dealkylation sites (tertiary alicyclic amines) is 1. The zero-order valence-electron chi connectivity index (χ0n) is 24.7. The Hall–Kier alpha value is -4.57. The second kappa shape index (κ2) is 11.7. The molecule has 45 heavy (non-hydrogen) atoms. The standard InChI is InChI=1S/C35H34F2N4O4/c36-24-7-4-8-25(37)32(24)27-12-9-21-17-22(10-11-26(21)38-27)34-31(20-5-2-1-3-6-20)33-29(18-28(39-33)35(44)45)41(34)19-30(43)40-15-13-23(42)14-16-40/h4,7-12,17-18,20,23,39,42H,1-3,5-6,13-16,19H2,(H,44,45). The minimum absolute atomic E-state index is 0.0212. The number of benzene rings is 2. The number of amides is 1. The molecule has 2 fully saturated rings. The zero-order chi connectivity index (χ0) is 31.2. The molecule has 0 spiro atoms. The maximum atomic E-state index is 14.5. The maximum absolute atomic E-state index is 14.5. The fraction of sp³-hybridized carbons (Fsp3) is 0.343. The molecule has 2 aliphatic rings. The number of piperidine rings is 1. The number of nitrogens with zero attached hydrogens (tertiary/aromatic N) is 3. The summed E-state index contributed by atoms with van der Waals surface area (Å²) in [4.78, 5) is 35.2. The Labute approximate surface area is 258 Å². The van der Waals surface area contributed by atoms with Crippen molar-refractivity contribution in [2.45, 2.75) is 63.5 Å². The van der Waals surface area contributed by atoms with Gasteiger partial charge in [0.05, 0.1) is 39.6 Å². The summed E-state index contributed by atoms with van der Waals surface area (Å²) in [6.07, 6.45) is 5.83. The molecular weight excluding hydrogens is 578 g/mol. The first-order valence-corrected chi connectivity index (χ1v) is 15.6. The Morgan fingerprint density at radius 2 is 1.67 bits per heavy atom. The van der Waals surface area contributed by atoms with Crippen molar-refractivity contribution in [3.05, 3.63) is 77.5 Å². The number of carboxylic acid groups (broad SMARTS) is 1. The van der Waals surface area contributed by atoms with Crippen molar-refractivity contribution in [1.29, 1.82) is 0 Å². The van der Waals surface area contributed by atoms with Gasteiger partial charge >= 0.3 is 5.97 Å². The summed E-state index contributed by atoms with van der Waals surface area (Å²) < 4.78 is 31.0. The monoisotopic (exact) mass is 612 g/mol. The molecule has 0 unspecified atom stereocenters. The summed E-state index contributed by atoms with van der Waals surface area (Å²) in [5.41, 5.74) is 4.77. The van der Waals surface area contributed by atoms with E-state index >= 15 is 0 Å². The van der Waals surface area contributed by atoms with Crippen LogP contribution in [0.2, 0.25) is 0 Å². The quantitative estimate of drug-likeness (QED) is 0.194. The first kappa shape index (κ1) is 29.2. The molecule has 7 rings (SSSR count). The molecular formula is C35H34F2N4O4. The number of H-pyrrole nitrogens is 1. The molecule has 3 aromatic heterocycles. The molecule has 0 radical (unpaired) electrons. The van der Waals surface area contributed by atoms with Crippen molar-refractivity contribution >= 4 is 33.8 Å². The number of aromatic carboxylic acids is 1. The van der Waals surface area contributed by atoms with Crippen molar-refractivity contribution in [2.24, 2.45) is 0 Å². The Bertz CT molecular complexity index is 1910. The minimum Gasteiger partial charge on any atom is -0.477 e. The van der Waals surface area contributed by atoms with E-state index in [1.807, 2.05) is 22.8 Å². The van der Waals surface area contributed by atoms with Crippen molar-refractivity contribution < 1.29 is 28.6 Å². The van der Waals surface area contributed by atoms with Gasteiger partial charge in [0.15, 0.2) is 0 Å². The van der Waals surface area contributed by atoms with Crippen LogP contribution < -0.4 is 0 Å². The largest absolute Gasteiger partial charge is 0.477 e. The predicted molar refractivity (Wildman–Crippen MR) is 167 cm³/mol. The number of pyridine rings is 1. The Balaban J connectivity index is 1.38. The van der Waals surface area contributed by atoms with E-state index in [-0.39, 0.29) is 35.3 Å². The molecule has 8 nitrogen and oxygen atoms in total. The second-order valence-corrected chi connectivity index (χ2v) is 12.2. The van der Waals surface area contributed by atoms with Gasteiger partial charge in [0.25, 0.3) is 0 Å². The first-order valence-electron chi connectivity index (χ1n) is 15.6. The first-order chi connectivity index (χ1) is 21.8. The lowest BCUT2D eigenvalue weighted by molar-refractivity contribution is -0.133. The van der Waals surface area contributed by atoms with Crippen LogP contribution in [0.1, 0.15) is 66.9 Å². The molecule has 3 N–H and O–H groups in total. The van der Waals surface area contributed by atoms with Crippen molar-refractivity contribution in [3.8, 4) is 22.5 Å². The molecule has 2 aromatic carbocycles. The fourth-order valence-corrected chi connectivity index (χ4v) is 7.13. The van der Waals surface area contributed by atoms with Gasteiger partial charge < -0.3 is 24.7 Å². The highest BCUT2D eigenvalue weighted by Gasteiger charge is 2.31. The lowest BCUT2D eigenvalue weighted by Crippen LogP contribution is -2.41. The van der Waals surface area contributed by atoms with Crippen LogP contribution in [0.25, 0.3) is 44.5 Å². The van der Waals surface area contributed by atoms with Crippen LogP contribution in [0.15, 0.2) is 54.6 Å². The summed E-state index contributed by atoms with van der Waals surface area (Å²) in [6, 6.07) is 14.4. The highest BCUT2D eigenvalue weighted by molar-refractivity contribution is 5.99. The van der Waals surface area contributed by atoms with E-state index in [1.54, 1.807) is 23.1 Å². The number of fused-ring (bicyclic) bond motifs is 2. The van der Waals surface area contributed by atoms with Crippen LogP contribution in [0.3, 0.4) is 0 Å². The van der Waals surface area contributed by atoms with E-state index in [9.17, 15) is 28.6 Å². The number of aromatic amines is 1. The number of aliphatic hydroxyl groups is 1. The molecule has 1 aliphatic carbocycles. The van der Waals surface area contributed by atoms with Crippen LogP contribution in [0.4, 0.5) is 8.78 Å². The SMILES string of the molecule is O=C(O)c1cc2c([nH]1)c(C1CCCCC1)c(-c1ccc3nc(-c4c(F)cccc4F)ccc3c1)n2CC(=O)N1CCC(O)CC1. The third-order valence-corrected chi connectivity index (χ3v) is 9.42. The topological polar surface area (TPSA) is 111 Å². The predicted octanol–water partition coefficient (Wildman–Crippen LogP) is 6.86. The lowest BCUT2D eigenvalue weighted by Gasteiger charge is -2.30. The molecule has 1 amide bonds. The van der Waals surface area contributed by atoms with Gasteiger partial charge in [-0.05, 0) is 73.6 Å². The molecule has 232 valence electrons. The van der Waals surface area contributed by atoms with Crippen LogP contribution in [-0.2, 0) is 11.3 Å². The zero-order valence-corrected chi connectivity index (χ0v) is 24.7. The third kappa shape index (κ3) is 5.37. The number of rotatable bonds is 6. The van der Waals surface area contributed by atoms with Crippen molar-refractivity contribution in [1.82, 2.24) is 19.4 Å². The van der Waals surface area contributed by atoms with Gasteiger partial charge in [0.1, 0.15) is 23.9 Å². The molecule has 4 heterocycles. The number of hydrogen-bond donors (Lipinski definition) is 3. The number of halogens is 2. The molecule has 10 heteroatoms. The van der Waals surface area contributed by atoms with E-state index in [2.05, 4.69) is 9.97 Å². The summed E-state index contributed by atoms with van der Waals surface area (Å²) in [5.74, 6) is -2.34. The number of carbonyl (C=O) groups excluding carboxylic acids is 1. The molecule has 1 saturated carbocycles. The lowest BCUT2D eigenvalue weighted by atomic mass is 9.82. The van der Waals surface area contributed by atoms with Crippen molar-refractivity contribution in [3.63, 3.8) is 0 Å². The van der Waals surface area contributed by atoms with Gasteiger partial charge in [-0.15, -0.1) is 0 Å². The van der Waals surface area contributed by atoms with Gasteiger partial charge in [-0.2, -0.15) is 0 Å². The number of aromatic nitrogens is 3. The highest BCUT2D eigenvalue weighted by Crippen LogP contribution is 2.44. The number of carboxylic acids is 1. The average Bonchev–Trinajstić information content (AvgIpc) is 3.60. The van der Waals surface area contributed by atoms with Crippen LogP contribution in [0, 0.1) is 11.6 Å². The number of nitrogens with one attached hydrogen (secondary N) is 1. The van der Waals surface area contributed by atoms with Crippen LogP contribution >= 0.6 is 0 Å². The van der Waals surface area contributed by atoms with Gasteiger partial charge in [-0.3, -0.25) is 4.79 Å². The summed E-state index contributed by atoms with van der Waals surface area (Å²) in [5, 5.41) is 20.6. The van der Waals surface area contributed by atoms with E-state index in [0.717, 1.165) is 59.8 Å². The number of carbonyl (C=O) groups is 2. The van der Waals surface area contributed by atoms with Gasteiger partial charge in [-0.1, -0.05) is 37.5 Å². The van der Waals surface area contributed by atoms with Gasteiger partial charge in [0.2, 0.25) is 5.91 Å². The van der Waals surface area contributed by atoms with Gasteiger partial charge in [0, 0.05) is 24.0 Å². The van der Waals surface area contributed by atoms with E-state index < -0.39 is 23.7 Å². The Kier molecular flexibility index (Phi) is 7.61. The van der Waals surface area contributed by atoms with E-state index in [1.165, 1.54) is 18.2 Å². The molecule has 0 atom stereocenters. The third-order valence-electron chi connectivity index (χ3n) is 9.42. The second-order valence-electron chi connectivity index (χ2n) is 12.2. The Morgan fingerprint density at radius 3 is 2.38 bits per heavy atom. The molecule has 1 aliphatic heterocycles. The number of hydrogen-bond acceptors (Lipinski definition) is 4. The molecule has 5 aromatic rings. The van der Waals surface area contributed by atoms with E-state index in [0.29, 0.717) is 37.0 Å². The summed E-state index contributed by atoms with van der Waals surface area (Å²) in [6.45, 7) is 0.956. The summed E-state index contributed by atoms with van der Waals surface area (Å²) in [7, 11) is 0. The molecule has 1 saturated heterocycles. The van der Waals surface area contributed by atoms with Gasteiger partial charge in [-0.25, -0.2) is 18.6 Å². The van der Waals surface area contributed by atoms with Crippen molar-refractivity contribution in [2.75, 3.05) is 13.1 Å². The Morgan fingerprint density at radius 1 is 0.933 bits per heavy atom. The normalized spacial score (nSPS) is 16.6. The minimum atomic E-state index is -1.07. The maximum Gasteiger partial charge on any atom is 0.352 e. The highest BCUT2D eigenvalue weighted by atomic mass is 19.1. The molecule has 0 bridgehead atoms. The van der Waals surface area contributed by atoms with Crippen LogP contribution in [0.5, 0.6) is 0 Å². The van der Waals surface area contributed by atoms with Crippen LogP contribution in [-0.4, -0.2) is 60.7 Å².